The van der Waals surface area contributed by atoms with Crippen LogP contribution in [0.15, 0.2) is 63.6 Å². The molecule has 4 heterocycles. The van der Waals surface area contributed by atoms with Gasteiger partial charge in [0, 0.05) is 31.8 Å². The molecule has 5 aromatic rings. The van der Waals surface area contributed by atoms with Crippen molar-refractivity contribution >= 4 is 28.3 Å². The maximum atomic E-state index is 13.5. The molecule has 176 valence electrons. The molecule has 5 rings (SSSR count). The first kappa shape index (κ1) is 22.5. The van der Waals surface area contributed by atoms with E-state index < -0.39 is 17.2 Å². The number of rotatable bonds is 4. The van der Waals surface area contributed by atoms with Gasteiger partial charge in [0.15, 0.2) is 0 Å². The van der Waals surface area contributed by atoms with E-state index in [9.17, 15) is 14.4 Å². The lowest BCUT2D eigenvalue weighted by Crippen LogP contribution is -2.38. The smallest absolute Gasteiger partial charge is 0.340 e. The number of thiophene rings is 1. The fourth-order valence-electron chi connectivity index (χ4n) is 4.26. The number of fused-ring (bicyclic) bond motifs is 1. The molecule has 0 unspecified atom stereocenters. The Morgan fingerprint density at radius 1 is 1.09 bits per heavy atom. The average molecular weight is 489 g/mol. The summed E-state index contributed by atoms with van der Waals surface area (Å²) < 4.78 is 9.27. The van der Waals surface area contributed by atoms with E-state index in [2.05, 4.69) is 10.1 Å². The van der Waals surface area contributed by atoms with Gasteiger partial charge in [-0.05, 0) is 18.4 Å². The molecular formula is C25H22N5O4S+. The van der Waals surface area contributed by atoms with E-state index in [0.717, 1.165) is 20.8 Å². The number of nitrogens with one attached hydrogen (secondary N) is 1. The fourth-order valence-corrected chi connectivity index (χ4v) is 4.99. The number of ether oxygens (including phenoxy) is 1. The van der Waals surface area contributed by atoms with Crippen molar-refractivity contribution in [2.24, 2.45) is 14.1 Å². The summed E-state index contributed by atoms with van der Waals surface area (Å²) in [6.07, 6.45) is 1.84. The molecule has 0 aliphatic heterocycles. The van der Waals surface area contributed by atoms with Crippen molar-refractivity contribution in [2.45, 2.75) is 6.92 Å². The van der Waals surface area contributed by atoms with Crippen molar-refractivity contribution in [3.63, 3.8) is 0 Å². The van der Waals surface area contributed by atoms with Gasteiger partial charge in [-0.15, -0.1) is 11.3 Å². The SMILES string of the molecule is COC(=O)c1c(C)nc2c(c1-c1c[n+](-c3ccccc3)[nH]c1-c1cccs1)c(=O)n(C)c(=O)n2C. The minimum Gasteiger partial charge on any atom is -0.465 e. The number of pyridine rings is 1. The van der Waals surface area contributed by atoms with Gasteiger partial charge in [0.1, 0.15) is 11.3 Å². The maximum Gasteiger partial charge on any atom is 0.340 e. The van der Waals surface area contributed by atoms with Crippen LogP contribution in [-0.2, 0) is 18.8 Å². The van der Waals surface area contributed by atoms with E-state index in [1.54, 1.807) is 14.0 Å². The first-order valence-corrected chi connectivity index (χ1v) is 11.6. The molecular weight excluding hydrogens is 466 g/mol. The van der Waals surface area contributed by atoms with Gasteiger partial charge in [-0.3, -0.25) is 13.9 Å². The number of benzene rings is 1. The number of esters is 1. The number of carbonyl (C=O) groups excluding carboxylic acids is 1. The van der Waals surface area contributed by atoms with Gasteiger partial charge >= 0.3 is 11.7 Å². The van der Waals surface area contributed by atoms with Gasteiger partial charge in [-0.2, -0.15) is 5.10 Å². The predicted molar refractivity (Wildman–Crippen MR) is 133 cm³/mol. The molecule has 0 aliphatic carbocycles. The zero-order valence-corrected chi connectivity index (χ0v) is 20.3. The van der Waals surface area contributed by atoms with Crippen LogP contribution >= 0.6 is 11.3 Å². The lowest BCUT2D eigenvalue weighted by molar-refractivity contribution is -0.654. The third-order valence-corrected chi connectivity index (χ3v) is 6.88. The number of aryl methyl sites for hydroxylation is 2. The Balaban J connectivity index is 2.00. The number of aromatic nitrogens is 5. The molecule has 0 saturated carbocycles. The van der Waals surface area contributed by atoms with Crippen LogP contribution in [0.2, 0.25) is 0 Å². The van der Waals surface area contributed by atoms with E-state index in [0.29, 0.717) is 16.8 Å². The number of H-pyrrole nitrogens is 1. The van der Waals surface area contributed by atoms with Crippen molar-refractivity contribution in [1.29, 1.82) is 0 Å². The van der Waals surface area contributed by atoms with Crippen LogP contribution in [0.4, 0.5) is 0 Å². The Labute approximate surface area is 203 Å². The van der Waals surface area contributed by atoms with Crippen molar-refractivity contribution in [1.82, 2.24) is 19.2 Å². The summed E-state index contributed by atoms with van der Waals surface area (Å²) in [5.41, 5.74) is 2.25. The summed E-state index contributed by atoms with van der Waals surface area (Å²) in [7, 11) is 4.25. The van der Waals surface area contributed by atoms with Gasteiger partial charge in [-0.25, -0.2) is 14.6 Å². The lowest BCUT2D eigenvalue weighted by Gasteiger charge is -2.15. The molecule has 0 aliphatic rings. The Bertz CT molecular complexity index is 1710. The first-order valence-electron chi connectivity index (χ1n) is 10.8. The van der Waals surface area contributed by atoms with Crippen molar-refractivity contribution in [3.05, 3.63) is 86.1 Å². The van der Waals surface area contributed by atoms with E-state index >= 15 is 0 Å². The van der Waals surface area contributed by atoms with Crippen LogP contribution in [0.25, 0.3) is 38.4 Å². The fraction of sp³-hybridized carbons (Fsp3) is 0.160. The molecule has 0 saturated heterocycles. The van der Waals surface area contributed by atoms with Crippen molar-refractivity contribution in [2.75, 3.05) is 7.11 Å². The minimum atomic E-state index is -0.618. The number of nitrogens with zero attached hydrogens (tertiary/aromatic N) is 4. The zero-order valence-electron chi connectivity index (χ0n) is 19.5. The molecule has 4 aromatic heterocycles. The molecule has 0 amide bonds. The quantitative estimate of drug-likeness (QED) is 0.310. The highest BCUT2D eigenvalue weighted by Crippen LogP contribution is 2.38. The number of carbonyl (C=O) groups is 1. The van der Waals surface area contributed by atoms with E-state index in [-0.39, 0.29) is 16.6 Å². The third-order valence-electron chi connectivity index (χ3n) is 5.99. The lowest BCUT2D eigenvalue weighted by atomic mass is 9.95. The van der Waals surface area contributed by atoms with Crippen LogP contribution in [0.5, 0.6) is 0 Å². The summed E-state index contributed by atoms with van der Waals surface area (Å²) in [6, 6.07) is 13.5. The van der Waals surface area contributed by atoms with E-state index in [4.69, 9.17) is 4.74 Å². The van der Waals surface area contributed by atoms with Gasteiger partial charge < -0.3 is 4.74 Å². The second-order valence-corrected chi connectivity index (χ2v) is 9.00. The molecule has 10 heteroatoms. The second-order valence-electron chi connectivity index (χ2n) is 8.06. The number of hydrogen-bond acceptors (Lipinski definition) is 6. The maximum absolute atomic E-state index is 13.5. The molecule has 0 fully saturated rings. The van der Waals surface area contributed by atoms with Gasteiger partial charge in [-0.1, -0.05) is 28.9 Å². The molecule has 35 heavy (non-hydrogen) atoms. The highest BCUT2D eigenvalue weighted by Gasteiger charge is 2.31. The number of aromatic amines is 1. The Morgan fingerprint density at radius 2 is 1.83 bits per heavy atom. The number of para-hydroxylation sites is 1. The molecule has 1 aromatic carbocycles. The Kier molecular flexibility index (Phi) is 5.45. The van der Waals surface area contributed by atoms with Crippen LogP contribution in [-0.4, -0.2) is 32.3 Å². The number of methoxy groups -OCH3 is 1. The highest BCUT2D eigenvalue weighted by atomic mass is 32.1. The first-order chi connectivity index (χ1) is 16.8. The Hall–Kier alpha value is -4.31. The largest absolute Gasteiger partial charge is 0.465 e. The van der Waals surface area contributed by atoms with Crippen LogP contribution in [0, 0.1) is 6.92 Å². The normalized spacial score (nSPS) is 11.2. The van der Waals surface area contributed by atoms with Gasteiger partial charge in [0.05, 0.1) is 34.2 Å². The molecule has 0 radical (unpaired) electrons. The highest BCUT2D eigenvalue weighted by molar-refractivity contribution is 7.13. The molecule has 0 bridgehead atoms. The third kappa shape index (κ3) is 3.50. The standard InChI is InChI=1S/C25H21N5O4S/c1-14-18(24(32)34-4)19(20-22(26-14)28(2)25(33)29(3)23(20)31)16-13-30(15-9-6-5-7-10-15)27-21(16)17-11-8-12-35-17/h5-13H,1-4H3/p+1. The van der Waals surface area contributed by atoms with Crippen molar-refractivity contribution < 1.29 is 14.2 Å². The van der Waals surface area contributed by atoms with Crippen LogP contribution in [0.3, 0.4) is 0 Å². The molecule has 0 atom stereocenters. The van der Waals surface area contributed by atoms with Crippen LogP contribution < -0.4 is 15.9 Å². The van der Waals surface area contributed by atoms with Gasteiger partial charge in [0.2, 0.25) is 11.9 Å². The topological polar surface area (TPSA) is 103 Å². The Morgan fingerprint density at radius 3 is 2.49 bits per heavy atom. The molecule has 9 nitrogen and oxygen atoms in total. The summed E-state index contributed by atoms with van der Waals surface area (Å²) in [6.45, 7) is 1.67. The minimum absolute atomic E-state index is 0.164. The average Bonchev–Trinajstić information content (AvgIpc) is 3.56. The summed E-state index contributed by atoms with van der Waals surface area (Å²) in [4.78, 5) is 44.6. The van der Waals surface area contributed by atoms with E-state index in [1.807, 2.05) is 58.7 Å². The second kappa shape index (κ2) is 8.48. The van der Waals surface area contributed by atoms with Gasteiger partial charge in [0.25, 0.3) is 5.56 Å². The predicted octanol–water partition coefficient (Wildman–Crippen LogP) is 2.73. The van der Waals surface area contributed by atoms with Crippen molar-refractivity contribution in [3.8, 4) is 27.4 Å². The monoisotopic (exact) mass is 488 g/mol. The van der Waals surface area contributed by atoms with Crippen LogP contribution in [0.1, 0.15) is 16.1 Å². The molecule has 0 spiro atoms. The van der Waals surface area contributed by atoms with E-state index in [1.165, 1.54) is 30.1 Å². The molecule has 1 N–H and O–H groups in total. The summed E-state index contributed by atoms with van der Waals surface area (Å²) >= 11 is 1.52. The zero-order chi connectivity index (χ0) is 24.9. The number of hydrogen-bond donors (Lipinski definition) is 1. The summed E-state index contributed by atoms with van der Waals surface area (Å²) in [5.74, 6) is -0.618. The summed E-state index contributed by atoms with van der Waals surface area (Å²) in [5, 5.41) is 5.52.